The highest BCUT2D eigenvalue weighted by Gasteiger charge is 2.27. The third-order valence-electron chi connectivity index (χ3n) is 4.42. The van der Waals surface area contributed by atoms with Crippen LogP contribution in [-0.4, -0.2) is 67.0 Å². The normalized spacial score (nSPS) is 14.3. The van der Waals surface area contributed by atoms with Crippen LogP contribution >= 0.6 is 0 Å². The van der Waals surface area contributed by atoms with E-state index in [4.69, 9.17) is 18.9 Å². The summed E-state index contributed by atoms with van der Waals surface area (Å²) >= 11 is 0. The van der Waals surface area contributed by atoms with Gasteiger partial charge < -0.3 is 28.7 Å². The maximum atomic E-state index is 12.3. The van der Waals surface area contributed by atoms with E-state index in [0.717, 1.165) is 5.69 Å². The topological polar surface area (TPSA) is 86.2 Å². The molecule has 0 radical (unpaired) electrons. The van der Waals surface area contributed by atoms with Gasteiger partial charge in [-0.2, -0.15) is 9.97 Å². The smallest absolute Gasteiger partial charge is 0.410 e. The van der Waals surface area contributed by atoms with Crippen molar-refractivity contribution in [3.8, 4) is 23.5 Å². The first-order valence-electron chi connectivity index (χ1n) is 9.76. The van der Waals surface area contributed by atoms with Crippen molar-refractivity contribution in [2.75, 3.05) is 45.3 Å². The van der Waals surface area contributed by atoms with E-state index in [-0.39, 0.29) is 12.1 Å². The Balaban J connectivity index is 1.72. The second kappa shape index (κ2) is 9.06. The van der Waals surface area contributed by atoms with Gasteiger partial charge in [-0.05, 0) is 32.9 Å². The minimum atomic E-state index is -0.507. The van der Waals surface area contributed by atoms with Gasteiger partial charge in [0, 0.05) is 26.2 Å². The summed E-state index contributed by atoms with van der Waals surface area (Å²) in [4.78, 5) is 24.6. The molecule has 0 saturated carbocycles. The number of piperazine rings is 1. The lowest BCUT2D eigenvalue weighted by molar-refractivity contribution is 0.0240. The summed E-state index contributed by atoms with van der Waals surface area (Å²) in [5, 5.41) is 0. The first-order valence-corrected chi connectivity index (χ1v) is 9.76. The SMILES string of the molecule is COc1cc(OC)nc(Oc2ccccc2N2CCN(C(=O)OC(C)(C)C)CC2)n1. The average Bonchev–Trinajstić information content (AvgIpc) is 2.72. The molecule has 30 heavy (non-hydrogen) atoms. The van der Waals surface area contributed by atoms with Crippen LogP contribution in [0.15, 0.2) is 30.3 Å². The molecule has 1 fully saturated rings. The Kier molecular flexibility index (Phi) is 6.49. The Hall–Kier alpha value is -3.23. The van der Waals surface area contributed by atoms with Crippen LogP contribution in [0.4, 0.5) is 10.5 Å². The first-order chi connectivity index (χ1) is 14.3. The Morgan fingerprint density at radius 3 is 2.13 bits per heavy atom. The quantitative estimate of drug-likeness (QED) is 0.734. The molecule has 1 saturated heterocycles. The Morgan fingerprint density at radius 2 is 1.57 bits per heavy atom. The van der Waals surface area contributed by atoms with E-state index in [9.17, 15) is 4.79 Å². The van der Waals surface area contributed by atoms with Crippen molar-refractivity contribution in [1.82, 2.24) is 14.9 Å². The summed E-state index contributed by atoms with van der Waals surface area (Å²) in [5.41, 5.74) is 0.388. The zero-order chi connectivity index (χ0) is 21.7. The molecule has 0 bridgehead atoms. The summed E-state index contributed by atoms with van der Waals surface area (Å²) in [6.07, 6.45) is -0.288. The van der Waals surface area contributed by atoms with Gasteiger partial charge in [0.1, 0.15) is 5.60 Å². The fourth-order valence-electron chi connectivity index (χ4n) is 3.00. The highest BCUT2D eigenvalue weighted by Crippen LogP contribution is 2.33. The van der Waals surface area contributed by atoms with Gasteiger partial charge in [-0.3, -0.25) is 0 Å². The Morgan fingerprint density at radius 1 is 0.967 bits per heavy atom. The maximum Gasteiger partial charge on any atom is 0.410 e. The number of carbonyl (C=O) groups excluding carboxylic acids is 1. The average molecular weight is 416 g/mol. The number of methoxy groups -OCH3 is 2. The Bertz CT molecular complexity index is 854. The standard InChI is InChI=1S/C21H28N4O5/c1-21(2,3)30-20(26)25-12-10-24(11-13-25)15-8-6-7-9-16(15)29-19-22-17(27-4)14-18(23-19)28-5/h6-9,14H,10-13H2,1-5H3. The van der Waals surface area contributed by atoms with E-state index in [2.05, 4.69) is 14.9 Å². The number of ether oxygens (including phenoxy) is 4. The van der Waals surface area contributed by atoms with Gasteiger partial charge >= 0.3 is 12.1 Å². The molecule has 162 valence electrons. The minimum absolute atomic E-state index is 0.131. The molecule has 0 unspecified atom stereocenters. The van der Waals surface area contributed by atoms with Crippen LogP contribution in [0, 0.1) is 0 Å². The van der Waals surface area contributed by atoms with Crippen LogP contribution in [0.1, 0.15) is 20.8 Å². The molecule has 1 aromatic carbocycles. The number of rotatable bonds is 5. The van der Waals surface area contributed by atoms with E-state index < -0.39 is 5.60 Å². The van der Waals surface area contributed by atoms with Gasteiger partial charge in [-0.15, -0.1) is 0 Å². The molecule has 0 N–H and O–H groups in total. The second-order valence-electron chi connectivity index (χ2n) is 7.76. The number of carbonyl (C=O) groups is 1. The van der Waals surface area contributed by atoms with Crippen molar-refractivity contribution in [2.45, 2.75) is 26.4 Å². The lowest BCUT2D eigenvalue weighted by atomic mass is 10.2. The molecule has 9 nitrogen and oxygen atoms in total. The number of hydrogen-bond acceptors (Lipinski definition) is 8. The van der Waals surface area contributed by atoms with E-state index in [0.29, 0.717) is 43.7 Å². The fourth-order valence-corrected chi connectivity index (χ4v) is 3.00. The van der Waals surface area contributed by atoms with Crippen LogP contribution in [0.25, 0.3) is 0 Å². The molecule has 1 aromatic heterocycles. The van der Waals surface area contributed by atoms with Crippen molar-refractivity contribution in [3.05, 3.63) is 30.3 Å². The molecular weight excluding hydrogens is 388 g/mol. The fraction of sp³-hybridized carbons (Fsp3) is 0.476. The molecule has 0 aliphatic carbocycles. The molecule has 9 heteroatoms. The van der Waals surface area contributed by atoms with Crippen LogP contribution in [-0.2, 0) is 4.74 Å². The number of anilines is 1. The van der Waals surface area contributed by atoms with Crippen molar-refractivity contribution in [3.63, 3.8) is 0 Å². The summed E-state index contributed by atoms with van der Waals surface area (Å²) in [6, 6.07) is 9.35. The molecule has 2 heterocycles. The molecule has 1 aliphatic rings. The predicted octanol–water partition coefficient (Wildman–Crippen LogP) is 3.34. The van der Waals surface area contributed by atoms with E-state index in [1.165, 1.54) is 14.2 Å². The zero-order valence-electron chi connectivity index (χ0n) is 18.0. The van der Waals surface area contributed by atoms with E-state index in [1.807, 2.05) is 45.0 Å². The molecule has 1 aliphatic heterocycles. The summed E-state index contributed by atoms with van der Waals surface area (Å²) < 4.78 is 21.8. The monoisotopic (exact) mass is 416 g/mol. The molecule has 2 aromatic rings. The van der Waals surface area contributed by atoms with Gasteiger partial charge in [0.15, 0.2) is 5.75 Å². The highest BCUT2D eigenvalue weighted by atomic mass is 16.6. The largest absolute Gasteiger partial charge is 0.481 e. The maximum absolute atomic E-state index is 12.3. The molecular formula is C21H28N4O5. The second-order valence-corrected chi connectivity index (χ2v) is 7.76. The summed E-state index contributed by atoms with van der Waals surface area (Å²) in [6.45, 7) is 8.03. The first kappa shape index (κ1) is 21.5. The van der Waals surface area contributed by atoms with Crippen molar-refractivity contribution >= 4 is 11.8 Å². The predicted molar refractivity (Wildman–Crippen MR) is 112 cm³/mol. The molecule has 0 spiro atoms. The van der Waals surface area contributed by atoms with Gasteiger partial charge in [0.2, 0.25) is 11.8 Å². The zero-order valence-corrected chi connectivity index (χ0v) is 18.0. The lowest BCUT2D eigenvalue weighted by Crippen LogP contribution is -2.50. The van der Waals surface area contributed by atoms with Gasteiger partial charge in [-0.1, -0.05) is 12.1 Å². The number of para-hydroxylation sites is 2. The number of amides is 1. The summed E-state index contributed by atoms with van der Waals surface area (Å²) in [5.74, 6) is 1.30. The minimum Gasteiger partial charge on any atom is -0.481 e. The van der Waals surface area contributed by atoms with Crippen molar-refractivity contribution in [1.29, 1.82) is 0 Å². The van der Waals surface area contributed by atoms with Crippen molar-refractivity contribution < 1.29 is 23.7 Å². The van der Waals surface area contributed by atoms with Gasteiger partial charge in [0.25, 0.3) is 0 Å². The van der Waals surface area contributed by atoms with Crippen LogP contribution in [0.2, 0.25) is 0 Å². The lowest BCUT2D eigenvalue weighted by Gasteiger charge is -2.37. The molecule has 1 amide bonds. The third kappa shape index (κ3) is 5.43. The number of hydrogen-bond donors (Lipinski definition) is 0. The number of nitrogens with zero attached hydrogens (tertiary/aromatic N) is 4. The van der Waals surface area contributed by atoms with E-state index in [1.54, 1.807) is 11.0 Å². The van der Waals surface area contributed by atoms with Crippen LogP contribution in [0.3, 0.4) is 0 Å². The number of benzene rings is 1. The Labute approximate surface area is 176 Å². The highest BCUT2D eigenvalue weighted by molar-refractivity contribution is 5.69. The number of aromatic nitrogens is 2. The van der Waals surface area contributed by atoms with Crippen LogP contribution in [0.5, 0.6) is 23.5 Å². The summed E-state index contributed by atoms with van der Waals surface area (Å²) in [7, 11) is 3.04. The van der Waals surface area contributed by atoms with E-state index >= 15 is 0 Å². The van der Waals surface area contributed by atoms with Crippen LogP contribution < -0.4 is 19.1 Å². The molecule has 3 rings (SSSR count). The third-order valence-corrected chi connectivity index (χ3v) is 4.42. The van der Waals surface area contributed by atoms with Crippen molar-refractivity contribution in [2.24, 2.45) is 0 Å². The molecule has 0 atom stereocenters. The van der Waals surface area contributed by atoms with Gasteiger partial charge in [-0.25, -0.2) is 4.79 Å². The van der Waals surface area contributed by atoms with Gasteiger partial charge in [0.05, 0.1) is 26.0 Å².